The second-order valence-corrected chi connectivity index (χ2v) is 7.71. The van der Waals surface area contributed by atoms with E-state index in [1.165, 1.54) is 6.08 Å². The highest BCUT2D eigenvalue weighted by molar-refractivity contribution is 9.10. The maximum Gasteiger partial charge on any atom is 0.471 e. The Morgan fingerprint density at radius 3 is 2.48 bits per heavy atom. The molecule has 0 unspecified atom stereocenters. The smallest absolute Gasteiger partial charge is 0.467 e. The van der Waals surface area contributed by atoms with Crippen LogP contribution < -0.4 is 0 Å². The lowest BCUT2D eigenvalue weighted by atomic mass is 9.79. The molecule has 0 fully saturated rings. The van der Waals surface area contributed by atoms with Crippen LogP contribution in [-0.4, -0.2) is 35.6 Å². The fourth-order valence-electron chi connectivity index (χ4n) is 3.58. The molecule has 158 valence electrons. The SMILES string of the molecule is CCC=CC[C@@]1(C(=O)OC)C=C[C@@H](C)[C@H](c2ccccc2Br)N1C(=O)C(F)(F)F. The van der Waals surface area contributed by atoms with Gasteiger partial charge in [0.05, 0.1) is 13.2 Å². The standard InChI is InChI=1S/C21H23BrF3NO3/c1-4-5-8-12-20(19(28)29-3)13-11-14(2)17(15-9-6-7-10-16(15)22)26(20)18(27)21(23,24)25/h5-11,13-14,17H,4,12H2,1-3H3/t14-,17-,20+/m1/s1. The average molecular weight is 474 g/mol. The van der Waals surface area contributed by atoms with Gasteiger partial charge in [-0.3, -0.25) is 4.79 Å². The summed E-state index contributed by atoms with van der Waals surface area (Å²) in [6.45, 7) is 3.57. The minimum absolute atomic E-state index is 0.125. The molecule has 0 aromatic heterocycles. The van der Waals surface area contributed by atoms with Crippen molar-refractivity contribution in [3.8, 4) is 0 Å². The number of amides is 1. The molecule has 3 atom stereocenters. The van der Waals surface area contributed by atoms with Crippen molar-refractivity contribution in [2.75, 3.05) is 7.11 Å². The Hall–Kier alpha value is -2.09. The van der Waals surface area contributed by atoms with Crippen LogP contribution in [0.15, 0.2) is 53.0 Å². The van der Waals surface area contributed by atoms with Crippen LogP contribution in [0.4, 0.5) is 13.2 Å². The number of carbonyl (C=O) groups excluding carboxylic acids is 2. The van der Waals surface area contributed by atoms with Crippen LogP contribution in [0, 0.1) is 5.92 Å². The lowest BCUT2D eigenvalue weighted by Crippen LogP contribution is -2.62. The molecule has 29 heavy (non-hydrogen) atoms. The summed E-state index contributed by atoms with van der Waals surface area (Å²) >= 11 is 3.37. The molecule has 0 spiro atoms. The molecule has 1 aromatic carbocycles. The van der Waals surface area contributed by atoms with Crippen molar-refractivity contribution in [2.24, 2.45) is 5.92 Å². The molecule has 1 amide bonds. The van der Waals surface area contributed by atoms with Crippen molar-refractivity contribution in [3.63, 3.8) is 0 Å². The fraction of sp³-hybridized carbons (Fsp3) is 0.429. The van der Waals surface area contributed by atoms with Crippen molar-refractivity contribution in [3.05, 3.63) is 58.6 Å². The summed E-state index contributed by atoms with van der Waals surface area (Å²) in [5.74, 6) is -3.46. The normalized spacial score (nSPS) is 24.7. The summed E-state index contributed by atoms with van der Waals surface area (Å²) in [5.41, 5.74) is -1.42. The molecule has 1 heterocycles. The van der Waals surface area contributed by atoms with Gasteiger partial charge in [-0.1, -0.05) is 72.3 Å². The number of benzene rings is 1. The lowest BCUT2D eigenvalue weighted by Gasteiger charge is -2.48. The van der Waals surface area contributed by atoms with E-state index in [2.05, 4.69) is 15.9 Å². The molecule has 4 nitrogen and oxygen atoms in total. The summed E-state index contributed by atoms with van der Waals surface area (Å²) in [6, 6.07) is 5.72. The number of halogens is 4. The van der Waals surface area contributed by atoms with Gasteiger partial charge in [-0.2, -0.15) is 13.2 Å². The number of methoxy groups -OCH3 is 1. The van der Waals surface area contributed by atoms with E-state index in [4.69, 9.17) is 4.74 Å². The van der Waals surface area contributed by atoms with E-state index in [0.29, 0.717) is 21.4 Å². The van der Waals surface area contributed by atoms with Gasteiger partial charge in [0, 0.05) is 10.9 Å². The molecule has 1 aliphatic heterocycles. The molecule has 1 aromatic rings. The first-order chi connectivity index (χ1) is 13.6. The minimum Gasteiger partial charge on any atom is -0.467 e. The van der Waals surface area contributed by atoms with E-state index >= 15 is 0 Å². The van der Waals surface area contributed by atoms with Crippen LogP contribution in [0.25, 0.3) is 0 Å². The molecule has 0 saturated carbocycles. The van der Waals surface area contributed by atoms with Gasteiger partial charge in [0.25, 0.3) is 0 Å². The molecule has 1 aliphatic rings. The summed E-state index contributed by atoms with van der Waals surface area (Å²) in [7, 11) is 1.10. The molecule has 2 rings (SSSR count). The molecular formula is C21H23BrF3NO3. The Labute approximate surface area is 176 Å². The highest BCUT2D eigenvalue weighted by Crippen LogP contribution is 2.46. The summed E-state index contributed by atoms with van der Waals surface area (Å²) in [6.07, 6.45) is 1.72. The van der Waals surface area contributed by atoms with Gasteiger partial charge >= 0.3 is 18.1 Å². The largest absolute Gasteiger partial charge is 0.471 e. The van der Waals surface area contributed by atoms with Crippen LogP contribution in [0.2, 0.25) is 0 Å². The van der Waals surface area contributed by atoms with Crippen LogP contribution in [0.5, 0.6) is 0 Å². The van der Waals surface area contributed by atoms with Crippen LogP contribution in [-0.2, 0) is 14.3 Å². The van der Waals surface area contributed by atoms with Gasteiger partial charge in [0.15, 0.2) is 5.54 Å². The first-order valence-corrected chi connectivity index (χ1v) is 9.97. The Balaban J connectivity index is 2.78. The maximum atomic E-state index is 13.7. The zero-order valence-corrected chi connectivity index (χ0v) is 18.0. The first kappa shape index (κ1) is 23.2. The van der Waals surface area contributed by atoms with Gasteiger partial charge in [0.1, 0.15) is 0 Å². The van der Waals surface area contributed by atoms with Crippen molar-refractivity contribution >= 4 is 27.8 Å². The summed E-state index contributed by atoms with van der Waals surface area (Å²) in [4.78, 5) is 26.1. The number of alkyl halides is 3. The van der Waals surface area contributed by atoms with Crippen LogP contribution in [0.1, 0.15) is 38.3 Å². The molecular weight excluding hydrogens is 451 g/mol. The highest BCUT2D eigenvalue weighted by atomic mass is 79.9. The maximum absolute atomic E-state index is 13.7. The van der Waals surface area contributed by atoms with E-state index in [0.717, 1.165) is 7.11 Å². The van der Waals surface area contributed by atoms with E-state index < -0.39 is 35.6 Å². The number of ether oxygens (including phenoxy) is 1. The zero-order valence-electron chi connectivity index (χ0n) is 16.4. The molecule has 0 N–H and O–H groups in total. The molecule has 0 aliphatic carbocycles. The zero-order chi connectivity index (χ0) is 21.8. The number of hydrogen-bond acceptors (Lipinski definition) is 3. The number of rotatable bonds is 5. The van der Waals surface area contributed by atoms with Crippen LogP contribution >= 0.6 is 15.9 Å². The summed E-state index contributed by atoms with van der Waals surface area (Å²) in [5, 5.41) is 0. The van der Waals surface area contributed by atoms with Gasteiger partial charge in [-0.25, -0.2) is 4.79 Å². The Kier molecular flexibility index (Phi) is 7.32. The number of esters is 1. The van der Waals surface area contributed by atoms with E-state index in [1.54, 1.807) is 49.4 Å². The third-order valence-corrected chi connectivity index (χ3v) is 5.66. The van der Waals surface area contributed by atoms with Gasteiger partial charge < -0.3 is 9.64 Å². The fourth-order valence-corrected chi connectivity index (χ4v) is 4.10. The van der Waals surface area contributed by atoms with E-state index in [-0.39, 0.29) is 6.42 Å². The monoisotopic (exact) mass is 473 g/mol. The third kappa shape index (κ3) is 4.57. The van der Waals surface area contributed by atoms with Crippen molar-refractivity contribution < 1.29 is 27.5 Å². The summed E-state index contributed by atoms with van der Waals surface area (Å²) < 4.78 is 46.4. The number of carbonyl (C=O) groups is 2. The van der Waals surface area contributed by atoms with Crippen molar-refractivity contribution in [1.29, 1.82) is 0 Å². The Bertz CT molecular complexity index is 822. The van der Waals surface area contributed by atoms with Crippen LogP contribution in [0.3, 0.4) is 0 Å². The predicted octanol–water partition coefficient (Wildman–Crippen LogP) is 5.36. The molecule has 0 bridgehead atoms. The van der Waals surface area contributed by atoms with E-state index in [1.807, 2.05) is 6.92 Å². The Morgan fingerprint density at radius 1 is 1.28 bits per heavy atom. The first-order valence-electron chi connectivity index (χ1n) is 9.17. The van der Waals surface area contributed by atoms with E-state index in [9.17, 15) is 22.8 Å². The average Bonchev–Trinajstić information content (AvgIpc) is 2.68. The van der Waals surface area contributed by atoms with Crippen molar-refractivity contribution in [2.45, 2.75) is 44.4 Å². The molecule has 0 saturated heterocycles. The quantitative estimate of drug-likeness (QED) is 0.427. The number of allylic oxidation sites excluding steroid dienone is 1. The predicted molar refractivity (Wildman–Crippen MR) is 107 cm³/mol. The second kappa shape index (κ2) is 9.15. The minimum atomic E-state index is -5.15. The molecule has 0 radical (unpaired) electrons. The number of nitrogens with zero attached hydrogens (tertiary/aromatic N) is 1. The Morgan fingerprint density at radius 2 is 1.93 bits per heavy atom. The lowest BCUT2D eigenvalue weighted by molar-refractivity contribution is -0.199. The van der Waals surface area contributed by atoms with Crippen molar-refractivity contribution in [1.82, 2.24) is 4.90 Å². The van der Waals surface area contributed by atoms with Gasteiger partial charge in [-0.15, -0.1) is 0 Å². The second-order valence-electron chi connectivity index (χ2n) is 6.86. The van der Waals surface area contributed by atoms with Gasteiger partial charge in [-0.05, 0) is 24.0 Å². The third-order valence-electron chi connectivity index (χ3n) is 4.94. The highest BCUT2D eigenvalue weighted by Gasteiger charge is 2.57. The molecule has 8 heteroatoms. The number of hydrogen-bond donors (Lipinski definition) is 0. The van der Waals surface area contributed by atoms with Gasteiger partial charge in [0.2, 0.25) is 0 Å². The topological polar surface area (TPSA) is 46.6 Å².